The van der Waals surface area contributed by atoms with Crippen LogP contribution in [0.15, 0.2) is 109 Å². The number of esters is 1. The number of benzene rings is 3. The number of para-hydroxylation sites is 2. The molecule has 0 spiro atoms. The van der Waals surface area contributed by atoms with Gasteiger partial charge in [0.2, 0.25) is 0 Å². The van der Waals surface area contributed by atoms with Crippen molar-refractivity contribution >= 4 is 56.9 Å². The first-order chi connectivity index (χ1) is 21.4. The molecule has 0 saturated heterocycles. The van der Waals surface area contributed by atoms with Gasteiger partial charge >= 0.3 is 5.97 Å². The molecule has 0 fully saturated rings. The van der Waals surface area contributed by atoms with Crippen molar-refractivity contribution < 1.29 is 18.7 Å². The third-order valence-corrected chi connectivity index (χ3v) is 9.17. The van der Waals surface area contributed by atoms with E-state index in [1.54, 1.807) is 31.6 Å². The monoisotopic (exact) mass is 622 g/mol. The van der Waals surface area contributed by atoms with E-state index in [9.17, 15) is 9.59 Å². The predicted molar refractivity (Wildman–Crippen MR) is 170 cm³/mol. The fraction of sp³-hybridized carbons (Fsp3) is 0.152. The van der Waals surface area contributed by atoms with Crippen molar-refractivity contribution in [1.29, 1.82) is 0 Å². The van der Waals surface area contributed by atoms with Crippen LogP contribution in [0, 0.1) is 0 Å². The minimum Gasteiger partial charge on any atom is -0.496 e. The van der Waals surface area contributed by atoms with Gasteiger partial charge in [-0.15, -0.1) is 0 Å². The Kier molecular flexibility index (Phi) is 7.19. The number of imidazole rings is 1. The van der Waals surface area contributed by atoms with E-state index in [0.717, 1.165) is 21.8 Å². The molecule has 0 bridgehead atoms. The summed E-state index contributed by atoms with van der Waals surface area (Å²) in [6.45, 7) is 3.70. The number of methoxy groups -OCH3 is 1. The molecule has 44 heavy (non-hydrogen) atoms. The quantitative estimate of drug-likeness (QED) is 0.231. The maximum atomic E-state index is 14.2. The van der Waals surface area contributed by atoms with Crippen molar-refractivity contribution in [2.24, 2.45) is 4.99 Å². The van der Waals surface area contributed by atoms with Crippen LogP contribution in [-0.4, -0.2) is 34.2 Å². The zero-order valence-electron chi connectivity index (χ0n) is 24.0. The van der Waals surface area contributed by atoms with Gasteiger partial charge in [-0.05, 0) is 66.7 Å². The van der Waals surface area contributed by atoms with E-state index in [-0.39, 0.29) is 12.2 Å². The molecule has 0 aliphatic carbocycles. The van der Waals surface area contributed by atoms with Gasteiger partial charge in [0.25, 0.3) is 5.56 Å². The second-order valence-corrected chi connectivity index (χ2v) is 12.0. The lowest BCUT2D eigenvalue weighted by atomic mass is 9.90. The van der Waals surface area contributed by atoms with Gasteiger partial charge in [-0.2, -0.15) is 0 Å². The average Bonchev–Trinajstić information content (AvgIpc) is 3.73. The zero-order valence-corrected chi connectivity index (χ0v) is 25.6. The molecule has 6 aromatic rings. The lowest BCUT2D eigenvalue weighted by Gasteiger charge is -2.27. The predicted octanol–water partition coefficient (Wildman–Crippen LogP) is 5.58. The van der Waals surface area contributed by atoms with E-state index >= 15 is 0 Å². The molecule has 3 aromatic heterocycles. The third kappa shape index (κ3) is 4.83. The minimum absolute atomic E-state index is 0.187. The molecule has 11 heteroatoms. The molecule has 220 valence electrons. The number of rotatable bonds is 7. The van der Waals surface area contributed by atoms with E-state index in [2.05, 4.69) is 9.97 Å². The van der Waals surface area contributed by atoms with Crippen molar-refractivity contribution in [3.05, 3.63) is 115 Å². The lowest BCUT2D eigenvalue weighted by Crippen LogP contribution is -2.40. The highest BCUT2D eigenvalue weighted by Crippen LogP contribution is 2.40. The maximum absolute atomic E-state index is 14.2. The number of carbonyl (C=O) groups is 1. The van der Waals surface area contributed by atoms with E-state index in [0.29, 0.717) is 47.9 Å². The van der Waals surface area contributed by atoms with Gasteiger partial charge in [0.15, 0.2) is 15.1 Å². The Balaban J connectivity index is 1.35. The van der Waals surface area contributed by atoms with E-state index in [4.69, 9.17) is 18.9 Å². The summed E-state index contributed by atoms with van der Waals surface area (Å²) in [5.74, 6) is 0.536. The zero-order chi connectivity index (χ0) is 30.4. The van der Waals surface area contributed by atoms with Crippen molar-refractivity contribution in [2.45, 2.75) is 30.1 Å². The smallest absolute Gasteiger partial charge is 0.338 e. The summed E-state index contributed by atoms with van der Waals surface area (Å²) < 4.78 is 19.3. The highest BCUT2D eigenvalue weighted by molar-refractivity contribution is 7.99. The number of furan rings is 1. The summed E-state index contributed by atoms with van der Waals surface area (Å²) in [6.07, 6.45) is 1.70. The Labute approximate surface area is 259 Å². The highest BCUT2D eigenvalue weighted by Gasteiger charge is 2.36. The number of aromatic amines is 1. The van der Waals surface area contributed by atoms with Crippen molar-refractivity contribution in [3.8, 4) is 5.75 Å². The molecular weight excluding hydrogens is 597 g/mol. The molecule has 4 heterocycles. The number of hydrogen-bond donors (Lipinski definition) is 1. The van der Waals surface area contributed by atoms with Crippen LogP contribution >= 0.6 is 23.1 Å². The number of ether oxygens (including phenoxy) is 2. The molecular formula is C33H26N4O5S2. The first-order valence-electron chi connectivity index (χ1n) is 13.9. The van der Waals surface area contributed by atoms with E-state index < -0.39 is 12.0 Å². The number of hydrogen-bond acceptors (Lipinski definition) is 9. The number of allylic oxidation sites excluding steroid dienone is 1. The number of thiazole rings is 1. The van der Waals surface area contributed by atoms with Crippen LogP contribution in [0.25, 0.3) is 27.9 Å². The van der Waals surface area contributed by atoms with Gasteiger partial charge in [-0.1, -0.05) is 53.8 Å². The Morgan fingerprint density at radius 2 is 1.93 bits per heavy atom. The van der Waals surface area contributed by atoms with Crippen LogP contribution in [0.1, 0.15) is 31.2 Å². The molecule has 1 aliphatic heterocycles. The fourth-order valence-electron chi connectivity index (χ4n) is 5.47. The van der Waals surface area contributed by atoms with Crippen molar-refractivity contribution in [2.75, 3.05) is 13.7 Å². The molecule has 1 N–H and O–H groups in total. The lowest BCUT2D eigenvalue weighted by molar-refractivity contribution is -0.139. The second-order valence-electron chi connectivity index (χ2n) is 10.0. The van der Waals surface area contributed by atoms with Gasteiger partial charge < -0.3 is 18.9 Å². The fourth-order valence-corrected chi connectivity index (χ4v) is 7.27. The van der Waals surface area contributed by atoms with Crippen molar-refractivity contribution in [1.82, 2.24) is 14.5 Å². The highest BCUT2D eigenvalue weighted by atomic mass is 32.2. The van der Waals surface area contributed by atoms with Crippen LogP contribution < -0.4 is 19.6 Å². The largest absolute Gasteiger partial charge is 0.496 e. The Morgan fingerprint density at radius 3 is 2.75 bits per heavy atom. The van der Waals surface area contributed by atoms with Crippen LogP contribution in [-0.2, 0) is 9.53 Å². The topological polar surface area (TPSA) is 112 Å². The number of fused-ring (bicyclic) bond motifs is 3. The van der Waals surface area contributed by atoms with Gasteiger partial charge in [0.1, 0.15) is 17.6 Å². The Morgan fingerprint density at radius 1 is 1.11 bits per heavy atom. The van der Waals surface area contributed by atoms with Gasteiger partial charge in [0, 0.05) is 11.6 Å². The van der Waals surface area contributed by atoms with Gasteiger partial charge in [-0.25, -0.2) is 14.8 Å². The molecule has 1 unspecified atom stereocenters. The SMILES string of the molecule is CCOC(=O)C1=C(C)N=c2sc(=Cc3ccc(Sc4nc5ccccc5[nH]4)o3)c(=O)n2C1c1c(OC)ccc2ccccc12. The molecule has 9 nitrogen and oxygen atoms in total. The number of nitrogens with one attached hydrogen (secondary N) is 1. The van der Waals surface area contributed by atoms with E-state index in [1.807, 2.05) is 72.8 Å². The number of carbonyl (C=O) groups excluding carboxylic acids is 1. The molecule has 1 aliphatic rings. The van der Waals surface area contributed by atoms with Gasteiger partial charge in [0.05, 0.1) is 40.6 Å². The average molecular weight is 623 g/mol. The van der Waals surface area contributed by atoms with Gasteiger partial charge in [-0.3, -0.25) is 9.36 Å². The maximum Gasteiger partial charge on any atom is 0.338 e. The molecule has 3 aromatic carbocycles. The molecule has 0 saturated carbocycles. The first-order valence-corrected chi connectivity index (χ1v) is 15.6. The van der Waals surface area contributed by atoms with Crippen LogP contribution in [0.4, 0.5) is 0 Å². The normalized spacial score (nSPS) is 15.1. The number of nitrogens with zero attached hydrogens (tertiary/aromatic N) is 3. The van der Waals surface area contributed by atoms with Crippen LogP contribution in [0.2, 0.25) is 0 Å². The van der Waals surface area contributed by atoms with E-state index in [1.165, 1.54) is 23.1 Å². The summed E-state index contributed by atoms with van der Waals surface area (Å²) in [4.78, 5) is 40.6. The third-order valence-electron chi connectivity index (χ3n) is 7.38. The summed E-state index contributed by atoms with van der Waals surface area (Å²) >= 11 is 2.60. The number of H-pyrrole nitrogens is 1. The summed E-state index contributed by atoms with van der Waals surface area (Å²) in [5.41, 5.74) is 2.99. The summed E-state index contributed by atoms with van der Waals surface area (Å²) in [7, 11) is 1.58. The Hall–Kier alpha value is -4.87. The first kappa shape index (κ1) is 27.9. The summed E-state index contributed by atoms with van der Waals surface area (Å²) in [5, 5.41) is 3.15. The van der Waals surface area contributed by atoms with Crippen LogP contribution in [0.5, 0.6) is 5.75 Å². The standard InChI is InChI=1S/C33H26N4O5S2/c1-4-41-31(39)27-18(2)34-33-37(29(27)28-21-10-6-5-9-19(21)13-15-24(28)40-3)30(38)25(43-33)17-20-14-16-26(42-20)44-32-35-22-11-7-8-12-23(22)36-32/h5-17,29H,4H2,1-3H3,(H,35,36). The number of aromatic nitrogens is 3. The molecule has 7 rings (SSSR count). The van der Waals surface area contributed by atoms with Crippen LogP contribution in [0.3, 0.4) is 0 Å². The summed E-state index contributed by atoms with van der Waals surface area (Å²) in [6, 6.07) is 22.3. The minimum atomic E-state index is -0.815. The molecule has 1 atom stereocenters. The van der Waals surface area contributed by atoms with Crippen molar-refractivity contribution in [3.63, 3.8) is 0 Å². The second kappa shape index (κ2) is 11.3. The molecule has 0 amide bonds. The Bertz CT molecular complexity index is 2260. The molecule has 0 radical (unpaired) electrons.